The molecule has 1 aromatic carbocycles. The molecule has 1 fully saturated rings. The van der Waals surface area contributed by atoms with Crippen molar-refractivity contribution in [3.05, 3.63) is 47.5 Å². The van der Waals surface area contributed by atoms with E-state index in [0.29, 0.717) is 18.5 Å². The van der Waals surface area contributed by atoms with Crippen LogP contribution in [0.3, 0.4) is 0 Å². The number of likely N-dealkylation sites (N-methyl/N-ethyl adjacent to an activating group) is 1. The Labute approximate surface area is 183 Å². The van der Waals surface area contributed by atoms with Gasteiger partial charge in [-0.3, -0.25) is 4.99 Å². The number of nitrogens with zero attached hydrogens (tertiary/aromatic N) is 5. The number of benzene rings is 1. The third-order valence-electron chi connectivity index (χ3n) is 4.80. The monoisotopic (exact) mass is 500 g/mol. The van der Waals surface area contributed by atoms with Crippen LogP contribution in [0.25, 0.3) is 0 Å². The summed E-state index contributed by atoms with van der Waals surface area (Å²) in [5.74, 6) is 0.656. The molecule has 0 saturated carbocycles. The van der Waals surface area contributed by atoms with E-state index in [4.69, 9.17) is 10.7 Å². The fraction of sp³-hybridized carbons (Fsp3) is 0.474. The highest BCUT2D eigenvalue weighted by Gasteiger charge is 2.20. The molecule has 1 unspecified atom stereocenters. The summed E-state index contributed by atoms with van der Waals surface area (Å²) in [6.07, 6.45) is 2.83. The molecule has 2 aromatic rings. The zero-order valence-electron chi connectivity index (χ0n) is 16.0. The molecule has 3 rings (SSSR count). The first-order valence-electron chi connectivity index (χ1n) is 9.03. The third-order valence-corrected chi connectivity index (χ3v) is 5.63. The lowest BCUT2D eigenvalue weighted by Crippen LogP contribution is -2.51. The maximum absolute atomic E-state index is 6.28. The number of aromatic nitrogens is 1. The van der Waals surface area contributed by atoms with Crippen molar-refractivity contribution in [3.63, 3.8) is 0 Å². The van der Waals surface area contributed by atoms with Crippen LogP contribution in [0, 0.1) is 0 Å². The number of guanidine groups is 1. The minimum absolute atomic E-state index is 0. The first-order valence-corrected chi connectivity index (χ1v) is 9.91. The summed E-state index contributed by atoms with van der Waals surface area (Å²) < 4.78 is 0. The van der Waals surface area contributed by atoms with Crippen molar-refractivity contribution >= 4 is 46.4 Å². The van der Waals surface area contributed by atoms with Crippen LogP contribution in [0.1, 0.15) is 5.56 Å². The minimum Gasteiger partial charge on any atom is -0.370 e. The number of hydrogen-bond donors (Lipinski definition) is 1. The van der Waals surface area contributed by atoms with E-state index in [1.54, 1.807) is 11.3 Å². The number of aliphatic imine (C=N–C) groups is 1. The van der Waals surface area contributed by atoms with Crippen LogP contribution in [-0.4, -0.2) is 73.6 Å². The Morgan fingerprint density at radius 3 is 2.52 bits per heavy atom. The Balaban J connectivity index is 0.00000261. The van der Waals surface area contributed by atoms with E-state index in [2.05, 4.69) is 64.1 Å². The number of hydrogen-bond acceptors (Lipinski definition) is 5. The summed E-state index contributed by atoms with van der Waals surface area (Å²) in [5.41, 5.74) is 7.61. The molecule has 2 heterocycles. The van der Waals surface area contributed by atoms with E-state index in [1.807, 2.05) is 11.6 Å². The molecule has 148 valence electrons. The fourth-order valence-electron chi connectivity index (χ4n) is 3.09. The lowest BCUT2D eigenvalue weighted by molar-refractivity contribution is 0.296. The second-order valence-corrected chi connectivity index (χ2v) is 7.67. The van der Waals surface area contributed by atoms with Crippen molar-refractivity contribution < 1.29 is 0 Å². The van der Waals surface area contributed by atoms with Gasteiger partial charge in [0.15, 0.2) is 11.1 Å². The van der Waals surface area contributed by atoms with Gasteiger partial charge in [0.1, 0.15) is 0 Å². The highest BCUT2D eigenvalue weighted by Crippen LogP contribution is 2.18. The van der Waals surface area contributed by atoms with Crippen molar-refractivity contribution in [2.75, 3.05) is 51.7 Å². The van der Waals surface area contributed by atoms with Gasteiger partial charge in [0.2, 0.25) is 0 Å². The summed E-state index contributed by atoms with van der Waals surface area (Å²) in [7, 11) is 4.21. The maximum Gasteiger partial charge on any atom is 0.191 e. The Kier molecular flexibility index (Phi) is 8.78. The van der Waals surface area contributed by atoms with Crippen molar-refractivity contribution in [1.29, 1.82) is 0 Å². The summed E-state index contributed by atoms with van der Waals surface area (Å²) in [4.78, 5) is 15.8. The summed E-state index contributed by atoms with van der Waals surface area (Å²) >= 11 is 1.69. The van der Waals surface area contributed by atoms with E-state index >= 15 is 0 Å². The minimum atomic E-state index is 0. The van der Waals surface area contributed by atoms with Crippen molar-refractivity contribution in [1.82, 2.24) is 14.8 Å². The molecule has 1 aromatic heterocycles. The number of rotatable bonds is 6. The van der Waals surface area contributed by atoms with Gasteiger partial charge in [-0.1, -0.05) is 30.3 Å². The molecule has 1 aliphatic heterocycles. The predicted molar refractivity (Wildman–Crippen MR) is 125 cm³/mol. The van der Waals surface area contributed by atoms with Gasteiger partial charge >= 0.3 is 0 Å². The normalized spacial score (nSPS) is 16.3. The SMILES string of the molecule is CN(C)C(CN=C(N)N1CCN(c2nccs2)CC1)Cc1ccccc1.I. The van der Waals surface area contributed by atoms with Crippen LogP contribution < -0.4 is 10.6 Å². The lowest BCUT2D eigenvalue weighted by Gasteiger charge is -2.35. The van der Waals surface area contributed by atoms with Gasteiger partial charge in [0.25, 0.3) is 0 Å². The van der Waals surface area contributed by atoms with Gasteiger partial charge in [-0.15, -0.1) is 35.3 Å². The van der Waals surface area contributed by atoms with Crippen molar-refractivity contribution in [2.24, 2.45) is 10.7 Å². The Bertz CT molecular complexity index is 683. The van der Waals surface area contributed by atoms with Crippen molar-refractivity contribution in [3.8, 4) is 0 Å². The molecule has 0 amide bonds. The molecule has 0 spiro atoms. The predicted octanol–water partition coefficient (Wildman–Crippen LogP) is 2.37. The van der Waals surface area contributed by atoms with Gasteiger partial charge in [0.05, 0.1) is 6.54 Å². The number of piperazine rings is 1. The molecule has 1 saturated heterocycles. The quantitative estimate of drug-likeness (QED) is 0.375. The number of halogens is 1. The average molecular weight is 500 g/mol. The van der Waals surface area contributed by atoms with Gasteiger partial charge in [0, 0.05) is 43.8 Å². The number of nitrogens with two attached hydrogens (primary N) is 1. The Hall–Kier alpha value is -1.39. The standard InChI is InChI=1S/C19H28N6S.HI/c1-23(2)17(14-16-6-4-3-5-7-16)15-22-18(20)24-9-11-25(12-10-24)19-21-8-13-26-19;/h3-8,13,17H,9-12,14-15H2,1-2H3,(H2,20,22);1H. The molecule has 27 heavy (non-hydrogen) atoms. The second kappa shape index (κ2) is 10.8. The first-order chi connectivity index (χ1) is 12.6. The van der Waals surface area contributed by atoms with Gasteiger partial charge < -0.3 is 20.4 Å². The van der Waals surface area contributed by atoms with E-state index < -0.39 is 0 Å². The highest BCUT2D eigenvalue weighted by atomic mass is 127. The van der Waals surface area contributed by atoms with Gasteiger partial charge in [-0.25, -0.2) is 4.98 Å². The summed E-state index contributed by atoms with van der Waals surface area (Å²) in [6, 6.07) is 10.9. The van der Waals surface area contributed by atoms with Crippen LogP contribution in [0.5, 0.6) is 0 Å². The molecule has 0 radical (unpaired) electrons. The summed E-state index contributed by atoms with van der Waals surface area (Å²) in [6.45, 7) is 4.36. The second-order valence-electron chi connectivity index (χ2n) is 6.79. The topological polar surface area (TPSA) is 61.0 Å². The molecular formula is C19H29IN6S. The van der Waals surface area contributed by atoms with Gasteiger partial charge in [-0.2, -0.15) is 0 Å². The van der Waals surface area contributed by atoms with E-state index in [-0.39, 0.29) is 24.0 Å². The zero-order chi connectivity index (χ0) is 18.4. The number of thiazole rings is 1. The molecule has 6 nitrogen and oxygen atoms in total. The third kappa shape index (κ3) is 6.32. The molecule has 0 bridgehead atoms. The lowest BCUT2D eigenvalue weighted by atomic mass is 10.1. The van der Waals surface area contributed by atoms with Crippen LogP contribution in [0.15, 0.2) is 46.9 Å². The molecule has 1 aliphatic rings. The molecule has 1 atom stereocenters. The zero-order valence-corrected chi connectivity index (χ0v) is 19.1. The first kappa shape index (κ1) is 21.9. The van der Waals surface area contributed by atoms with Crippen LogP contribution in [0.4, 0.5) is 5.13 Å². The van der Waals surface area contributed by atoms with Crippen molar-refractivity contribution in [2.45, 2.75) is 12.5 Å². The highest BCUT2D eigenvalue weighted by molar-refractivity contribution is 14.0. The van der Waals surface area contributed by atoms with Crippen LogP contribution in [0.2, 0.25) is 0 Å². The average Bonchev–Trinajstić information content (AvgIpc) is 3.20. The van der Waals surface area contributed by atoms with E-state index in [9.17, 15) is 0 Å². The fourth-order valence-corrected chi connectivity index (χ4v) is 3.79. The molecule has 0 aliphatic carbocycles. The van der Waals surface area contributed by atoms with E-state index in [1.165, 1.54) is 5.56 Å². The Morgan fingerprint density at radius 1 is 1.22 bits per heavy atom. The smallest absolute Gasteiger partial charge is 0.191 e. The molecule has 8 heteroatoms. The van der Waals surface area contributed by atoms with Crippen LogP contribution >= 0.6 is 35.3 Å². The number of anilines is 1. The molecular weight excluding hydrogens is 471 g/mol. The maximum atomic E-state index is 6.28. The largest absolute Gasteiger partial charge is 0.370 e. The summed E-state index contributed by atoms with van der Waals surface area (Å²) in [5, 5.41) is 3.11. The Morgan fingerprint density at radius 2 is 1.93 bits per heavy atom. The van der Waals surface area contributed by atoms with Gasteiger partial charge in [-0.05, 0) is 26.1 Å². The molecule has 2 N–H and O–H groups in total. The van der Waals surface area contributed by atoms with Crippen LogP contribution in [-0.2, 0) is 6.42 Å². The van der Waals surface area contributed by atoms with E-state index in [0.717, 1.165) is 37.7 Å².